The molecule has 1 atom stereocenters. The van der Waals surface area contributed by atoms with Gasteiger partial charge < -0.3 is 5.11 Å². The molecule has 4 rings (SSSR count). The first-order chi connectivity index (χ1) is 13.5. The smallest absolute Gasteiger partial charge is 0.295 e. The van der Waals surface area contributed by atoms with E-state index in [0.29, 0.717) is 22.0 Å². The van der Waals surface area contributed by atoms with Crippen LogP contribution in [-0.2, 0) is 4.79 Å². The van der Waals surface area contributed by atoms with Crippen LogP contribution in [0, 0.1) is 12.7 Å². The summed E-state index contributed by atoms with van der Waals surface area (Å²) >= 11 is 1.22. The van der Waals surface area contributed by atoms with Gasteiger partial charge in [0, 0.05) is 5.69 Å². The van der Waals surface area contributed by atoms with Gasteiger partial charge in [0.1, 0.15) is 11.6 Å². The fourth-order valence-corrected chi connectivity index (χ4v) is 3.92. The molecule has 3 aromatic rings. The zero-order valence-electron chi connectivity index (χ0n) is 14.8. The van der Waals surface area contributed by atoms with E-state index in [9.17, 15) is 19.1 Å². The maximum Gasteiger partial charge on any atom is 0.295 e. The van der Waals surface area contributed by atoms with Crippen molar-refractivity contribution in [1.29, 1.82) is 0 Å². The van der Waals surface area contributed by atoms with Crippen LogP contribution in [0.1, 0.15) is 27.0 Å². The summed E-state index contributed by atoms with van der Waals surface area (Å²) in [4.78, 5) is 32.0. The molecule has 0 saturated carbocycles. The Bertz CT molecular complexity index is 1090. The monoisotopic (exact) mass is 394 g/mol. The number of ketones is 1. The summed E-state index contributed by atoms with van der Waals surface area (Å²) in [6, 6.07) is 13.1. The highest BCUT2D eigenvalue weighted by molar-refractivity contribution is 7.12. The molecule has 0 unspecified atom stereocenters. The van der Waals surface area contributed by atoms with Crippen LogP contribution in [-0.4, -0.2) is 21.8 Å². The molecule has 1 N–H and O–H groups in total. The van der Waals surface area contributed by atoms with Crippen LogP contribution in [0.5, 0.6) is 0 Å². The lowest BCUT2D eigenvalue weighted by Crippen LogP contribution is -2.31. The van der Waals surface area contributed by atoms with E-state index in [1.54, 1.807) is 42.6 Å². The minimum Gasteiger partial charge on any atom is -0.503 e. The number of carbonyl (C=O) groups excluding carboxylic acids is 2. The van der Waals surface area contributed by atoms with E-state index in [4.69, 9.17) is 0 Å². The molecule has 140 valence electrons. The number of anilines is 1. The Labute approximate surface area is 164 Å². The van der Waals surface area contributed by atoms with Gasteiger partial charge in [-0.25, -0.2) is 9.37 Å². The van der Waals surface area contributed by atoms with Gasteiger partial charge in [-0.3, -0.25) is 14.5 Å². The highest BCUT2D eigenvalue weighted by atomic mass is 32.1. The van der Waals surface area contributed by atoms with Crippen molar-refractivity contribution >= 4 is 28.8 Å². The van der Waals surface area contributed by atoms with Gasteiger partial charge in [0.05, 0.1) is 16.5 Å². The van der Waals surface area contributed by atoms with Gasteiger partial charge in [0.2, 0.25) is 5.78 Å². The quantitative estimate of drug-likeness (QED) is 0.667. The third kappa shape index (κ3) is 2.99. The van der Waals surface area contributed by atoms with E-state index in [0.717, 1.165) is 0 Å². The molecule has 3 heterocycles. The lowest BCUT2D eigenvalue weighted by atomic mass is 9.95. The van der Waals surface area contributed by atoms with Gasteiger partial charge in [-0.2, -0.15) is 0 Å². The number of hydrogen-bond acceptors (Lipinski definition) is 5. The summed E-state index contributed by atoms with van der Waals surface area (Å²) < 4.78 is 13.5. The topological polar surface area (TPSA) is 70.5 Å². The van der Waals surface area contributed by atoms with Crippen molar-refractivity contribution < 1.29 is 19.1 Å². The minimum absolute atomic E-state index is 0.0395. The highest BCUT2D eigenvalue weighted by Crippen LogP contribution is 2.41. The molecule has 0 fully saturated rings. The molecule has 1 aromatic carbocycles. The number of hydrogen-bond donors (Lipinski definition) is 1. The first-order valence-electron chi connectivity index (χ1n) is 8.51. The number of benzene rings is 1. The number of aliphatic hydroxyl groups is 1. The first kappa shape index (κ1) is 18.1. The van der Waals surface area contributed by atoms with Crippen LogP contribution in [0.25, 0.3) is 0 Å². The summed E-state index contributed by atoms with van der Waals surface area (Å²) in [7, 11) is 0. The van der Waals surface area contributed by atoms with Gasteiger partial charge >= 0.3 is 0 Å². The molecule has 1 aliphatic heterocycles. The van der Waals surface area contributed by atoms with Gasteiger partial charge in [0.15, 0.2) is 5.76 Å². The normalized spacial score (nSPS) is 16.7. The molecule has 0 bridgehead atoms. The van der Waals surface area contributed by atoms with E-state index in [1.807, 2.05) is 0 Å². The predicted octanol–water partition coefficient (Wildman–Crippen LogP) is 4.37. The maximum absolute atomic E-state index is 13.5. The molecular formula is C21H15FN2O3S. The molecule has 2 aromatic heterocycles. The molecule has 0 saturated heterocycles. The Morgan fingerprint density at radius 1 is 1.14 bits per heavy atom. The minimum atomic E-state index is -0.906. The van der Waals surface area contributed by atoms with Crippen molar-refractivity contribution in [3.05, 3.63) is 93.3 Å². The third-order valence-corrected chi connectivity index (χ3v) is 5.37. The fraction of sp³-hybridized carbons (Fsp3) is 0.0952. The number of pyridine rings is 1. The van der Waals surface area contributed by atoms with Crippen LogP contribution >= 0.6 is 11.3 Å². The van der Waals surface area contributed by atoms with Crippen LogP contribution in [0.4, 0.5) is 10.2 Å². The number of thiophene rings is 1. The van der Waals surface area contributed by atoms with Gasteiger partial charge in [-0.1, -0.05) is 24.3 Å². The summed E-state index contributed by atoms with van der Waals surface area (Å²) in [5.74, 6) is -1.90. The van der Waals surface area contributed by atoms with Crippen LogP contribution < -0.4 is 4.90 Å². The number of amides is 1. The summed E-state index contributed by atoms with van der Waals surface area (Å²) in [5.41, 5.74) is 1.14. The Morgan fingerprint density at radius 3 is 2.54 bits per heavy atom. The van der Waals surface area contributed by atoms with Crippen molar-refractivity contribution in [2.24, 2.45) is 0 Å². The second kappa shape index (κ2) is 7.01. The summed E-state index contributed by atoms with van der Waals surface area (Å²) in [6.07, 6.45) is 0. The fourth-order valence-electron chi connectivity index (χ4n) is 3.24. The van der Waals surface area contributed by atoms with E-state index in [1.165, 1.54) is 40.5 Å². The second-order valence-corrected chi connectivity index (χ2v) is 7.28. The first-order valence-corrected chi connectivity index (χ1v) is 9.39. The number of rotatable bonds is 4. The lowest BCUT2D eigenvalue weighted by molar-refractivity contribution is -0.117. The van der Waals surface area contributed by atoms with E-state index in [2.05, 4.69) is 4.98 Å². The number of aromatic nitrogens is 1. The number of aliphatic hydroxyl groups excluding tert-OH is 1. The van der Waals surface area contributed by atoms with Gasteiger partial charge in [0.25, 0.3) is 5.91 Å². The molecule has 1 amide bonds. The van der Waals surface area contributed by atoms with E-state index < -0.39 is 29.3 Å². The average molecular weight is 394 g/mol. The zero-order valence-corrected chi connectivity index (χ0v) is 15.6. The molecule has 0 spiro atoms. The second-order valence-electron chi connectivity index (χ2n) is 6.34. The summed E-state index contributed by atoms with van der Waals surface area (Å²) in [6.45, 7) is 1.78. The number of halogens is 1. The Kier molecular flexibility index (Phi) is 4.52. The van der Waals surface area contributed by atoms with Crippen molar-refractivity contribution in [1.82, 2.24) is 4.98 Å². The van der Waals surface area contributed by atoms with Gasteiger partial charge in [-0.15, -0.1) is 11.3 Å². The molecule has 5 nitrogen and oxygen atoms in total. The van der Waals surface area contributed by atoms with E-state index in [-0.39, 0.29) is 5.57 Å². The Balaban J connectivity index is 1.89. The number of aryl methyl sites for hydroxylation is 1. The van der Waals surface area contributed by atoms with E-state index >= 15 is 0 Å². The number of Topliss-reactive ketones (excluding diaryl/α,β-unsaturated/α-hetero) is 1. The van der Waals surface area contributed by atoms with Crippen LogP contribution in [0.2, 0.25) is 0 Å². The molecule has 0 radical (unpaired) electrons. The average Bonchev–Trinajstić information content (AvgIpc) is 3.30. The van der Waals surface area contributed by atoms with Crippen molar-refractivity contribution in [3.63, 3.8) is 0 Å². The maximum atomic E-state index is 13.5. The van der Waals surface area contributed by atoms with Crippen molar-refractivity contribution in [2.45, 2.75) is 13.0 Å². The number of carbonyl (C=O) groups is 2. The zero-order chi connectivity index (χ0) is 19.8. The van der Waals surface area contributed by atoms with Gasteiger partial charge in [-0.05, 0) is 48.2 Å². The lowest BCUT2D eigenvalue weighted by Gasteiger charge is -2.26. The SMILES string of the molecule is Cc1cccc(N2C(=O)C(O)=C(C(=O)c3cccs3)[C@@H]2c2ccc(F)cc2)n1. The predicted molar refractivity (Wildman–Crippen MR) is 104 cm³/mol. The largest absolute Gasteiger partial charge is 0.503 e. The Hall–Kier alpha value is -3.32. The standard InChI is InChI=1S/C21H15FN2O3S/c1-12-4-2-6-16(23-12)24-18(13-7-9-14(22)10-8-13)17(20(26)21(24)27)19(25)15-5-3-11-28-15/h2-11,18,26H,1H3/t18-/m0/s1. The highest BCUT2D eigenvalue weighted by Gasteiger charge is 2.45. The molecule has 0 aliphatic carbocycles. The van der Waals surface area contributed by atoms with Crippen molar-refractivity contribution in [2.75, 3.05) is 4.90 Å². The molecule has 28 heavy (non-hydrogen) atoms. The third-order valence-electron chi connectivity index (χ3n) is 4.50. The van der Waals surface area contributed by atoms with Crippen LogP contribution in [0.15, 0.2) is 71.3 Å². The van der Waals surface area contributed by atoms with Crippen LogP contribution in [0.3, 0.4) is 0 Å². The molecular weight excluding hydrogens is 379 g/mol. The molecule has 7 heteroatoms. The number of nitrogens with zero attached hydrogens (tertiary/aromatic N) is 2. The summed E-state index contributed by atoms with van der Waals surface area (Å²) in [5, 5.41) is 12.3. The van der Waals surface area contributed by atoms with Crippen molar-refractivity contribution in [3.8, 4) is 0 Å². The Morgan fingerprint density at radius 2 is 1.89 bits per heavy atom. The molecule has 1 aliphatic rings.